The molecule has 2 aliphatic heterocycles. The molecule has 0 aromatic carbocycles. The number of Topliss-reactive ketones (excluding diaryl/α,β-unsaturated/α-hetero) is 1. The van der Waals surface area contributed by atoms with E-state index in [4.69, 9.17) is 9.47 Å². The second-order valence-corrected chi connectivity index (χ2v) is 11.0. The van der Waals surface area contributed by atoms with Gasteiger partial charge in [0.2, 0.25) is 0 Å². The number of fused-ring (bicyclic) bond motifs is 7. The molecule has 164 valence electrons. The normalized spacial score (nSPS) is 47.9. The number of aliphatic hydroxyl groups is 1. The van der Waals surface area contributed by atoms with Crippen LogP contribution in [0.2, 0.25) is 0 Å². The van der Waals surface area contributed by atoms with Crippen molar-refractivity contribution in [1.29, 1.82) is 0 Å². The monoisotopic (exact) mass is 414 g/mol. The third-order valence-electron chi connectivity index (χ3n) is 9.19. The second kappa shape index (κ2) is 6.60. The molecular formula is C25H34O5. The Morgan fingerprint density at radius 2 is 1.97 bits per heavy atom. The lowest BCUT2D eigenvalue weighted by molar-refractivity contribution is -0.226. The summed E-state index contributed by atoms with van der Waals surface area (Å²) >= 11 is 0. The van der Waals surface area contributed by atoms with Gasteiger partial charge in [-0.15, -0.1) is 0 Å². The fourth-order valence-electron chi connectivity index (χ4n) is 7.44. The lowest BCUT2D eigenvalue weighted by Crippen LogP contribution is -2.57. The van der Waals surface area contributed by atoms with Gasteiger partial charge in [0.05, 0.1) is 18.6 Å². The van der Waals surface area contributed by atoms with Crippen molar-refractivity contribution in [3.63, 3.8) is 0 Å². The van der Waals surface area contributed by atoms with Crippen LogP contribution in [0.25, 0.3) is 0 Å². The fourth-order valence-corrected chi connectivity index (χ4v) is 7.44. The van der Waals surface area contributed by atoms with E-state index in [1.807, 2.05) is 6.08 Å². The van der Waals surface area contributed by atoms with Gasteiger partial charge in [0, 0.05) is 11.8 Å². The fraction of sp³-hybridized carbons (Fsp3) is 0.760. The largest absolute Gasteiger partial charge is 0.376 e. The zero-order chi connectivity index (χ0) is 21.5. The maximum Gasteiger partial charge on any atom is 0.194 e. The Morgan fingerprint density at radius 3 is 2.67 bits per heavy atom. The number of allylic oxidation sites excluding steroid dienone is 3. The Hall–Kier alpha value is -1.30. The Bertz CT molecular complexity index is 856. The molecule has 0 aromatic rings. The van der Waals surface area contributed by atoms with E-state index in [0.29, 0.717) is 11.5 Å². The van der Waals surface area contributed by atoms with Gasteiger partial charge >= 0.3 is 0 Å². The molecule has 1 unspecified atom stereocenters. The average Bonchev–Trinajstić information content (AvgIpc) is 3.17. The lowest BCUT2D eigenvalue weighted by Gasteiger charge is -2.52. The standard InChI is InChI=1S/C25H34O5/c1-14(2)16-7-9-23(3)10-11-24(4)17(20(16)23)6-5-15(13-26)19-21(24)30-22-25(19,28)18(27)8-12-29-22/h5,13-14,17,19,21-22,28H,6-12H2,1-4H3/t17?,19-,21+,22+,23-,24-,25+/m1/s1. The summed E-state index contributed by atoms with van der Waals surface area (Å²) in [5.41, 5.74) is 1.81. The first-order valence-electron chi connectivity index (χ1n) is 11.6. The molecule has 0 spiro atoms. The Labute approximate surface area is 178 Å². The van der Waals surface area contributed by atoms with Gasteiger partial charge in [-0.25, -0.2) is 0 Å². The molecule has 5 heteroatoms. The number of ketones is 1. The smallest absolute Gasteiger partial charge is 0.194 e. The first-order chi connectivity index (χ1) is 14.2. The molecule has 0 aromatic heterocycles. The molecule has 3 aliphatic carbocycles. The number of carbonyl (C=O) groups excluding carboxylic acids is 2. The van der Waals surface area contributed by atoms with Crippen molar-refractivity contribution in [3.8, 4) is 0 Å². The average molecular weight is 415 g/mol. The number of hydrogen-bond donors (Lipinski definition) is 1. The highest BCUT2D eigenvalue weighted by Gasteiger charge is 2.69. The minimum Gasteiger partial charge on any atom is -0.376 e. The van der Waals surface area contributed by atoms with Crippen LogP contribution in [0, 0.1) is 28.6 Å². The zero-order valence-electron chi connectivity index (χ0n) is 18.6. The SMILES string of the molecule is CC(C)C1=C2C3CC=C(C=O)[C@@H]4[C@H](O[C@@H]5OCCC(=O)[C@@]54O)[C@]3(C)CC[C@@]2(C)CC1. The highest BCUT2D eigenvalue weighted by atomic mass is 16.7. The van der Waals surface area contributed by atoms with Crippen LogP contribution in [0.3, 0.4) is 0 Å². The van der Waals surface area contributed by atoms with Gasteiger partial charge < -0.3 is 14.6 Å². The number of carbonyl (C=O) groups is 2. The number of hydrogen-bond acceptors (Lipinski definition) is 5. The number of ether oxygens (including phenoxy) is 2. The van der Waals surface area contributed by atoms with Crippen molar-refractivity contribution in [2.24, 2.45) is 28.6 Å². The quantitative estimate of drug-likeness (QED) is 0.550. The molecule has 2 heterocycles. The van der Waals surface area contributed by atoms with Crippen LogP contribution in [-0.4, -0.2) is 41.8 Å². The minimum atomic E-state index is -1.76. The summed E-state index contributed by atoms with van der Waals surface area (Å²) in [6.07, 6.45) is 6.71. The van der Waals surface area contributed by atoms with E-state index >= 15 is 0 Å². The molecular weight excluding hydrogens is 380 g/mol. The lowest BCUT2D eigenvalue weighted by atomic mass is 9.53. The first kappa shape index (κ1) is 20.6. The van der Waals surface area contributed by atoms with E-state index in [9.17, 15) is 14.7 Å². The summed E-state index contributed by atoms with van der Waals surface area (Å²) in [6.45, 7) is 9.47. The van der Waals surface area contributed by atoms with E-state index in [0.717, 1.165) is 32.0 Å². The minimum absolute atomic E-state index is 0.159. The van der Waals surface area contributed by atoms with Crippen molar-refractivity contribution < 1.29 is 24.2 Å². The molecule has 5 aliphatic rings. The maximum absolute atomic E-state index is 12.9. The molecule has 2 saturated heterocycles. The Kier molecular flexibility index (Phi) is 4.53. The van der Waals surface area contributed by atoms with Gasteiger partial charge in [0.15, 0.2) is 17.7 Å². The van der Waals surface area contributed by atoms with Crippen LogP contribution in [0.15, 0.2) is 22.8 Å². The van der Waals surface area contributed by atoms with E-state index in [2.05, 4.69) is 27.7 Å². The van der Waals surface area contributed by atoms with Crippen molar-refractivity contribution in [2.75, 3.05) is 6.61 Å². The summed E-state index contributed by atoms with van der Waals surface area (Å²) < 4.78 is 12.1. The topological polar surface area (TPSA) is 72.8 Å². The molecule has 1 saturated carbocycles. The van der Waals surface area contributed by atoms with Gasteiger partial charge in [-0.05, 0) is 54.9 Å². The van der Waals surface area contributed by atoms with Crippen molar-refractivity contribution in [2.45, 2.75) is 84.2 Å². The van der Waals surface area contributed by atoms with Crippen LogP contribution in [-0.2, 0) is 19.1 Å². The van der Waals surface area contributed by atoms with Crippen LogP contribution in [0.5, 0.6) is 0 Å². The van der Waals surface area contributed by atoms with Crippen LogP contribution >= 0.6 is 0 Å². The summed E-state index contributed by atoms with van der Waals surface area (Å²) in [5.74, 6) is -0.166. The predicted octanol–water partition coefficient (Wildman–Crippen LogP) is 3.75. The van der Waals surface area contributed by atoms with Gasteiger partial charge in [-0.3, -0.25) is 9.59 Å². The van der Waals surface area contributed by atoms with Crippen LogP contribution in [0.4, 0.5) is 0 Å². The molecule has 3 fully saturated rings. The summed E-state index contributed by atoms with van der Waals surface area (Å²) in [5, 5.41) is 11.6. The third-order valence-corrected chi connectivity index (χ3v) is 9.19. The molecule has 0 bridgehead atoms. The second-order valence-electron chi connectivity index (χ2n) is 11.0. The summed E-state index contributed by atoms with van der Waals surface area (Å²) in [7, 11) is 0. The maximum atomic E-state index is 12.9. The van der Waals surface area contributed by atoms with E-state index in [1.54, 1.807) is 11.1 Å². The third kappa shape index (κ3) is 2.46. The van der Waals surface area contributed by atoms with Crippen LogP contribution < -0.4 is 0 Å². The molecule has 5 nitrogen and oxygen atoms in total. The summed E-state index contributed by atoms with van der Waals surface area (Å²) in [4.78, 5) is 25.1. The number of rotatable bonds is 2. The molecule has 7 atom stereocenters. The van der Waals surface area contributed by atoms with E-state index < -0.39 is 23.9 Å². The van der Waals surface area contributed by atoms with Gasteiger partial charge in [0.1, 0.15) is 6.29 Å². The molecule has 30 heavy (non-hydrogen) atoms. The zero-order valence-corrected chi connectivity index (χ0v) is 18.6. The summed E-state index contributed by atoms with van der Waals surface area (Å²) in [6, 6.07) is 0. The highest BCUT2D eigenvalue weighted by molar-refractivity contribution is 5.91. The van der Waals surface area contributed by atoms with Gasteiger partial charge in [0.25, 0.3) is 0 Å². The predicted molar refractivity (Wildman–Crippen MR) is 111 cm³/mol. The Morgan fingerprint density at radius 1 is 1.20 bits per heavy atom. The molecule has 0 amide bonds. The molecule has 0 radical (unpaired) electrons. The van der Waals surface area contributed by atoms with Crippen molar-refractivity contribution in [3.05, 3.63) is 22.8 Å². The molecule has 1 N–H and O–H groups in total. The first-order valence-corrected chi connectivity index (χ1v) is 11.6. The Balaban J connectivity index is 1.67. The van der Waals surface area contributed by atoms with Crippen molar-refractivity contribution in [1.82, 2.24) is 0 Å². The van der Waals surface area contributed by atoms with Gasteiger partial charge in [-0.1, -0.05) is 44.9 Å². The van der Waals surface area contributed by atoms with E-state index in [1.165, 1.54) is 6.42 Å². The number of aldehydes is 1. The van der Waals surface area contributed by atoms with Gasteiger partial charge in [-0.2, -0.15) is 0 Å². The van der Waals surface area contributed by atoms with E-state index in [-0.39, 0.29) is 35.6 Å². The van der Waals surface area contributed by atoms with Crippen LogP contribution in [0.1, 0.15) is 66.2 Å². The molecule has 5 rings (SSSR count). The highest BCUT2D eigenvalue weighted by Crippen LogP contribution is 2.66. The van der Waals surface area contributed by atoms with Crippen molar-refractivity contribution >= 4 is 12.1 Å².